The van der Waals surface area contributed by atoms with Gasteiger partial charge in [0.15, 0.2) is 0 Å². The Hall–Kier alpha value is -1.33. The van der Waals surface area contributed by atoms with Crippen molar-refractivity contribution in [2.45, 2.75) is 18.0 Å². The summed E-state index contributed by atoms with van der Waals surface area (Å²) in [5.41, 5.74) is 0. The summed E-state index contributed by atoms with van der Waals surface area (Å²) >= 11 is 1.72. The lowest BCUT2D eigenvalue weighted by Crippen LogP contribution is -2.20. The Morgan fingerprint density at radius 1 is 1.47 bits per heavy atom. The van der Waals surface area contributed by atoms with Crippen LogP contribution in [0.2, 0.25) is 0 Å². The minimum absolute atomic E-state index is 0.246. The lowest BCUT2D eigenvalue weighted by molar-refractivity contribution is 0.438. The first kappa shape index (κ1) is 12.1. The van der Waals surface area contributed by atoms with Gasteiger partial charge in [0, 0.05) is 18.5 Å². The molecule has 0 radical (unpaired) electrons. The van der Waals surface area contributed by atoms with E-state index in [4.69, 9.17) is 4.42 Å². The number of aromatic nitrogens is 2. The quantitative estimate of drug-likeness (QED) is 0.484. The van der Waals surface area contributed by atoms with Gasteiger partial charge >= 0.3 is 0 Å². The van der Waals surface area contributed by atoms with Gasteiger partial charge in [0.05, 0.1) is 17.3 Å². The molecule has 0 saturated carbocycles. The Morgan fingerprint density at radius 2 is 2.41 bits per heavy atom. The standard InChI is InChI=1S/C12H15N3OS/c1-10(11-3-2-7-16-11)14-6-8-17-12-4-5-13-9-15-12/h2-5,7,9-10,14H,6,8H2,1H3. The molecule has 0 aromatic carbocycles. The van der Waals surface area contributed by atoms with Crippen molar-refractivity contribution in [3.63, 3.8) is 0 Å². The van der Waals surface area contributed by atoms with E-state index in [1.54, 1.807) is 30.5 Å². The third-order valence-electron chi connectivity index (χ3n) is 2.33. The fraction of sp³-hybridized carbons (Fsp3) is 0.333. The van der Waals surface area contributed by atoms with Crippen molar-refractivity contribution in [1.82, 2.24) is 15.3 Å². The van der Waals surface area contributed by atoms with Gasteiger partial charge in [0.1, 0.15) is 12.1 Å². The van der Waals surface area contributed by atoms with E-state index in [-0.39, 0.29) is 6.04 Å². The van der Waals surface area contributed by atoms with Crippen LogP contribution >= 0.6 is 11.8 Å². The van der Waals surface area contributed by atoms with E-state index in [0.29, 0.717) is 0 Å². The SMILES string of the molecule is CC(NCCSc1ccncn1)c1ccco1. The molecular weight excluding hydrogens is 234 g/mol. The Kier molecular flexibility index (Phi) is 4.58. The predicted molar refractivity (Wildman–Crippen MR) is 67.9 cm³/mol. The molecule has 0 amide bonds. The normalized spacial score (nSPS) is 12.5. The summed E-state index contributed by atoms with van der Waals surface area (Å²) < 4.78 is 5.32. The van der Waals surface area contributed by atoms with Gasteiger partial charge in [0.2, 0.25) is 0 Å². The molecule has 90 valence electrons. The molecular formula is C12H15N3OS. The second-order valence-electron chi connectivity index (χ2n) is 3.59. The average Bonchev–Trinajstić information content (AvgIpc) is 2.89. The van der Waals surface area contributed by atoms with Gasteiger partial charge in [-0.15, -0.1) is 11.8 Å². The molecule has 2 aromatic heterocycles. The third-order valence-corrected chi connectivity index (χ3v) is 3.27. The third kappa shape index (κ3) is 3.87. The van der Waals surface area contributed by atoms with E-state index in [1.807, 2.05) is 18.2 Å². The Bertz CT molecular complexity index is 419. The smallest absolute Gasteiger partial charge is 0.120 e. The minimum atomic E-state index is 0.246. The first-order chi connectivity index (χ1) is 8.36. The van der Waals surface area contributed by atoms with Gasteiger partial charge < -0.3 is 9.73 Å². The van der Waals surface area contributed by atoms with E-state index in [9.17, 15) is 0 Å². The van der Waals surface area contributed by atoms with Crippen molar-refractivity contribution >= 4 is 11.8 Å². The van der Waals surface area contributed by atoms with E-state index in [2.05, 4.69) is 22.2 Å². The monoisotopic (exact) mass is 249 g/mol. The molecule has 1 atom stereocenters. The molecule has 0 aliphatic heterocycles. The molecule has 0 fully saturated rings. The number of rotatable bonds is 6. The Balaban J connectivity index is 1.67. The maximum Gasteiger partial charge on any atom is 0.120 e. The van der Waals surface area contributed by atoms with E-state index >= 15 is 0 Å². The summed E-state index contributed by atoms with van der Waals surface area (Å²) in [6.45, 7) is 3.00. The molecule has 1 N–H and O–H groups in total. The molecule has 17 heavy (non-hydrogen) atoms. The maximum absolute atomic E-state index is 5.32. The summed E-state index contributed by atoms with van der Waals surface area (Å²) in [5, 5.41) is 4.40. The number of nitrogens with zero attached hydrogens (tertiary/aromatic N) is 2. The molecule has 2 heterocycles. The summed E-state index contributed by atoms with van der Waals surface area (Å²) in [5.74, 6) is 1.94. The molecule has 0 aliphatic carbocycles. The fourth-order valence-corrected chi connectivity index (χ4v) is 2.14. The zero-order chi connectivity index (χ0) is 11.9. The highest BCUT2D eigenvalue weighted by molar-refractivity contribution is 7.99. The first-order valence-electron chi connectivity index (χ1n) is 5.52. The maximum atomic E-state index is 5.32. The zero-order valence-corrected chi connectivity index (χ0v) is 10.5. The summed E-state index contributed by atoms with van der Waals surface area (Å²) in [6, 6.07) is 6.05. The lowest BCUT2D eigenvalue weighted by Gasteiger charge is -2.10. The number of hydrogen-bond acceptors (Lipinski definition) is 5. The average molecular weight is 249 g/mol. The van der Waals surface area contributed by atoms with Crippen LogP contribution < -0.4 is 5.32 Å². The van der Waals surface area contributed by atoms with Crippen molar-refractivity contribution in [2.24, 2.45) is 0 Å². The number of thioether (sulfide) groups is 1. The number of hydrogen-bond donors (Lipinski definition) is 1. The molecule has 0 aliphatic rings. The van der Waals surface area contributed by atoms with Crippen molar-refractivity contribution in [1.29, 1.82) is 0 Å². The molecule has 2 rings (SSSR count). The van der Waals surface area contributed by atoms with Crippen LogP contribution in [0.25, 0.3) is 0 Å². The topological polar surface area (TPSA) is 51.0 Å². The van der Waals surface area contributed by atoms with E-state index in [1.165, 1.54) is 0 Å². The number of nitrogens with one attached hydrogen (secondary N) is 1. The second kappa shape index (κ2) is 6.42. The molecule has 0 bridgehead atoms. The minimum Gasteiger partial charge on any atom is -0.468 e. The predicted octanol–water partition coefficient (Wildman–Crippen LogP) is 2.51. The highest BCUT2D eigenvalue weighted by atomic mass is 32.2. The lowest BCUT2D eigenvalue weighted by atomic mass is 10.2. The second-order valence-corrected chi connectivity index (χ2v) is 4.70. The molecule has 1 unspecified atom stereocenters. The Labute approximate surface area is 105 Å². The van der Waals surface area contributed by atoms with Crippen LogP contribution in [0.5, 0.6) is 0 Å². The van der Waals surface area contributed by atoms with Crippen molar-refractivity contribution in [2.75, 3.05) is 12.3 Å². The van der Waals surface area contributed by atoms with E-state index in [0.717, 1.165) is 23.1 Å². The van der Waals surface area contributed by atoms with Crippen LogP contribution in [0.4, 0.5) is 0 Å². The molecule has 0 spiro atoms. The van der Waals surface area contributed by atoms with Crippen LogP contribution in [0.3, 0.4) is 0 Å². The molecule has 0 saturated heterocycles. The first-order valence-corrected chi connectivity index (χ1v) is 6.50. The summed E-state index contributed by atoms with van der Waals surface area (Å²) in [6.07, 6.45) is 5.03. The fourth-order valence-electron chi connectivity index (χ4n) is 1.43. The highest BCUT2D eigenvalue weighted by Crippen LogP contribution is 2.14. The van der Waals surface area contributed by atoms with Crippen LogP contribution in [-0.2, 0) is 0 Å². The van der Waals surface area contributed by atoms with Crippen LogP contribution in [0, 0.1) is 0 Å². The van der Waals surface area contributed by atoms with Crippen LogP contribution in [-0.4, -0.2) is 22.3 Å². The zero-order valence-electron chi connectivity index (χ0n) is 9.67. The van der Waals surface area contributed by atoms with Crippen LogP contribution in [0.1, 0.15) is 18.7 Å². The van der Waals surface area contributed by atoms with Crippen LogP contribution in [0.15, 0.2) is 46.4 Å². The molecule has 5 heteroatoms. The molecule has 2 aromatic rings. The highest BCUT2D eigenvalue weighted by Gasteiger charge is 2.06. The van der Waals surface area contributed by atoms with Crippen molar-refractivity contribution in [3.8, 4) is 0 Å². The van der Waals surface area contributed by atoms with Gasteiger partial charge in [-0.25, -0.2) is 9.97 Å². The number of furan rings is 1. The van der Waals surface area contributed by atoms with Crippen molar-refractivity contribution < 1.29 is 4.42 Å². The largest absolute Gasteiger partial charge is 0.468 e. The van der Waals surface area contributed by atoms with E-state index < -0.39 is 0 Å². The molecule has 4 nitrogen and oxygen atoms in total. The van der Waals surface area contributed by atoms with Crippen molar-refractivity contribution in [3.05, 3.63) is 42.7 Å². The summed E-state index contributed by atoms with van der Waals surface area (Å²) in [4.78, 5) is 8.03. The Morgan fingerprint density at radius 3 is 3.12 bits per heavy atom. The van der Waals surface area contributed by atoms with Gasteiger partial charge in [-0.3, -0.25) is 0 Å². The summed E-state index contributed by atoms with van der Waals surface area (Å²) in [7, 11) is 0. The van der Waals surface area contributed by atoms with Gasteiger partial charge in [0.25, 0.3) is 0 Å². The van der Waals surface area contributed by atoms with Gasteiger partial charge in [-0.2, -0.15) is 0 Å². The van der Waals surface area contributed by atoms with Gasteiger partial charge in [-0.05, 0) is 25.1 Å². The van der Waals surface area contributed by atoms with Gasteiger partial charge in [-0.1, -0.05) is 0 Å².